The van der Waals surface area contributed by atoms with Crippen molar-refractivity contribution in [1.29, 1.82) is 0 Å². The van der Waals surface area contributed by atoms with Crippen molar-refractivity contribution in [1.82, 2.24) is 4.98 Å². The van der Waals surface area contributed by atoms with E-state index in [1.54, 1.807) is 11.3 Å². The van der Waals surface area contributed by atoms with Gasteiger partial charge in [0, 0.05) is 13.1 Å². The molecule has 1 saturated heterocycles. The number of aryl methyl sites for hydroxylation is 1. The molecule has 3 nitrogen and oxygen atoms in total. The standard InChI is InChI=1S/C15H21N3S/c1-3-4-11-5-6-18(9-11)14-8-13-15(7-12(14)16)19-10(2)17-13/h7-8,11H,3-6,9,16H2,1-2H3. The van der Waals surface area contributed by atoms with Gasteiger partial charge in [-0.15, -0.1) is 11.3 Å². The van der Waals surface area contributed by atoms with E-state index in [-0.39, 0.29) is 0 Å². The van der Waals surface area contributed by atoms with Crippen LogP contribution in [0.15, 0.2) is 12.1 Å². The van der Waals surface area contributed by atoms with Gasteiger partial charge < -0.3 is 10.6 Å². The molecule has 1 aliphatic heterocycles. The van der Waals surface area contributed by atoms with Crippen LogP contribution in [0.4, 0.5) is 11.4 Å². The Kier molecular flexibility index (Phi) is 3.35. The van der Waals surface area contributed by atoms with Crippen molar-refractivity contribution in [2.24, 2.45) is 5.92 Å². The fraction of sp³-hybridized carbons (Fsp3) is 0.533. The fourth-order valence-corrected chi connectivity index (χ4v) is 3.92. The summed E-state index contributed by atoms with van der Waals surface area (Å²) in [6, 6.07) is 4.25. The number of benzene rings is 1. The maximum absolute atomic E-state index is 6.23. The molecule has 2 heterocycles. The van der Waals surface area contributed by atoms with E-state index < -0.39 is 0 Å². The van der Waals surface area contributed by atoms with Gasteiger partial charge in [-0.25, -0.2) is 4.98 Å². The minimum atomic E-state index is 0.831. The Morgan fingerprint density at radius 2 is 2.32 bits per heavy atom. The highest BCUT2D eigenvalue weighted by Crippen LogP contribution is 2.35. The third kappa shape index (κ3) is 2.41. The van der Waals surface area contributed by atoms with Crippen molar-refractivity contribution in [2.75, 3.05) is 23.7 Å². The summed E-state index contributed by atoms with van der Waals surface area (Å²) in [6.45, 7) is 6.59. The van der Waals surface area contributed by atoms with E-state index in [1.807, 2.05) is 6.92 Å². The average Bonchev–Trinajstić information content (AvgIpc) is 2.94. The van der Waals surface area contributed by atoms with E-state index in [0.717, 1.165) is 35.2 Å². The summed E-state index contributed by atoms with van der Waals surface area (Å²) in [4.78, 5) is 7.01. The van der Waals surface area contributed by atoms with E-state index in [4.69, 9.17) is 5.73 Å². The van der Waals surface area contributed by atoms with Crippen LogP contribution in [0.25, 0.3) is 10.2 Å². The molecule has 3 rings (SSSR count). The summed E-state index contributed by atoms with van der Waals surface area (Å²) in [6.07, 6.45) is 3.90. The van der Waals surface area contributed by atoms with E-state index in [1.165, 1.54) is 29.6 Å². The average molecular weight is 275 g/mol. The van der Waals surface area contributed by atoms with Crippen LogP contribution in [0.3, 0.4) is 0 Å². The number of rotatable bonds is 3. The summed E-state index contributed by atoms with van der Waals surface area (Å²) in [7, 11) is 0. The third-order valence-electron chi connectivity index (χ3n) is 3.97. The highest BCUT2D eigenvalue weighted by atomic mass is 32.1. The first kappa shape index (κ1) is 12.7. The molecule has 0 bridgehead atoms. The summed E-state index contributed by atoms with van der Waals surface area (Å²) in [5.41, 5.74) is 9.39. The minimum Gasteiger partial charge on any atom is -0.397 e. The topological polar surface area (TPSA) is 42.2 Å². The number of nitrogens with zero attached hydrogens (tertiary/aromatic N) is 2. The van der Waals surface area contributed by atoms with Crippen LogP contribution in [0.5, 0.6) is 0 Å². The van der Waals surface area contributed by atoms with Crippen LogP contribution in [0, 0.1) is 12.8 Å². The van der Waals surface area contributed by atoms with Crippen LogP contribution >= 0.6 is 11.3 Å². The van der Waals surface area contributed by atoms with Crippen molar-refractivity contribution < 1.29 is 0 Å². The maximum Gasteiger partial charge on any atom is 0.0907 e. The highest BCUT2D eigenvalue weighted by Gasteiger charge is 2.23. The number of hydrogen-bond donors (Lipinski definition) is 1. The number of aromatic nitrogens is 1. The zero-order chi connectivity index (χ0) is 13.4. The Hall–Kier alpha value is -1.29. The number of thiazole rings is 1. The predicted molar refractivity (Wildman–Crippen MR) is 84.0 cm³/mol. The molecule has 0 radical (unpaired) electrons. The van der Waals surface area contributed by atoms with Gasteiger partial charge in [0.2, 0.25) is 0 Å². The van der Waals surface area contributed by atoms with Gasteiger partial charge in [0.25, 0.3) is 0 Å². The first-order valence-electron chi connectivity index (χ1n) is 7.09. The molecular weight excluding hydrogens is 254 g/mol. The van der Waals surface area contributed by atoms with Crippen LogP contribution < -0.4 is 10.6 Å². The first-order chi connectivity index (χ1) is 9.17. The summed E-state index contributed by atoms with van der Waals surface area (Å²) in [5.74, 6) is 0.831. The lowest BCUT2D eigenvalue weighted by molar-refractivity contribution is 0.530. The molecule has 2 aromatic rings. The lowest BCUT2D eigenvalue weighted by Gasteiger charge is -2.20. The van der Waals surface area contributed by atoms with Gasteiger partial charge in [-0.3, -0.25) is 0 Å². The Bertz CT molecular complexity index is 590. The second-order valence-corrected chi connectivity index (χ2v) is 6.74. The van der Waals surface area contributed by atoms with E-state index in [9.17, 15) is 0 Å². The summed E-state index contributed by atoms with van der Waals surface area (Å²) in [5, 5.41) is 1.11. The normalized spacial score (nSPS) is 19.5. The van der Waals surface area contributed by atoms with Crippen molar-refractivity contribution >= 4 is 32.9 Å². The Labute approximate surface area is 118 Å². The molecule has 19 heavy (non-hydrogen) atoms. The number of fused-ring (bicyclic) bond motifs is 1. The van der Waals surface area contributed by atoms with Gasteiger partial charge in [-0.2, -0.15) is 0 Å². The molecule has 102 valence electrons. The number of nitrogens with two attached hydrogens (primary N) is 1. The monoisotopic (exact) mass is 275 g/mol. The van der Waals surface area contributed by atoms with Gasteiger partial charge in [0.15, 0.2) is 0 Å². The molecule has 1 aromatic heterocycles. The third-order valence-corrected chi connectivity index (χ3v) is 4.90. The molecule has 1 fully saturated rings. The lowest BCUT2D eigenvalue weighted by atomic mass is 10.0. The second kappa shape index (κ2) is 5.00. The molecule has 0 spiro atoms. The largest absolute Gasteiger partial charge is 0.397 e. The van der Waals surface area contributed by atoms with Crippen molar-refractivity contribution in [3.63, 3.8) is 0 Å². The second-order valence-electron chi connectivity index (χ2n) is 5.50. The highest BCUT2D eigenvalue weighted by molar-refractivity contribution is 7.18. The quantitative estimate of drug-likeness (QED) is 0.866. The zero-order valence-corrected chi connectivity index (χ0v) is 12.5. The molecular formula is C15H21N3S. The molecule has 1 aromatic carbocycles. The molecule has 0 aliphatic carbocycles. The van der Waals surface area contributed by atoms with Gasteiger partial charge in [-0.05, 0) is 37.8 Å². The zero-order valence-electron chi connectivity index (χ0n) is 11.6. The van der Waals surface area contributed by atoms with Gasteiger partial charge in [0.05, 0.1) is 26.6 Å². The van der Waals surface area contributed by atoms with Gasteiger partial charge in [0.1, 0.15) is 0 Å². The molecule has 2 N–H and O–H groups in total. The lowest BCUT2D eigenvalue weighted by Crippen LogP contribution is -2.20. The Balaban J connectivity index is 1.90. The summed E-state index contributed by atoms with van der Waals surface area (Å²) >= 11 is 1.72. The van der Waals surface area contributed by atoms with Crippen molar-refractivity contribution in [3.05, 3.63) is 17.1 Å². The Morgan fingerprint density at radius 1 is 1.47 bits per heavy atom. The first-order valence-corrected chi connectivity index (χ1v) is 7.90. The van der Waals surface area contributed by atoms with Gasteiger partial charge in [-0.1, -0.05) is 13.3 Å². The number of nitrogen functional groups attached to an aromatic ring is 1. The molecule has 0 saturated carbocycles. The molecule has 1 aliphatic rings. The van der Waals surface area contributed by atoms with Gasteiger partial charge >= 0.3 is 0 Å². The molecule has 1 atom stereocenters. The van der Waals surface area contributed by atoms with E-state index >= 15 is 0 Å². The van der Waals surface area contributed by atoms with Crippen molar-refractivity contribution in [2.45, 2.75) is 33.1 Å². The van der Waals surface area contributed by atoms with Crippen LogP contribution in [-0.2, 0) is 0 Å². The Morgan fingerprint density at radius 3 is 3.11 bits per heavy atom. The predicted octanol–water partition coefficient (Wildman–Crippen LogP) is 3.81. The molecule has 4 heteroatoms. The van der Waals surface area contributed by atoms with Crippen molar-refractivity contribution in [3.8, 4) is 0 Å². The van der Waals surface area contributed by atoms with Crippen LogP contribution in [0.1, 0.15) is 31.2 Å². The van der Waals surface area contributed by atoms with E-state index in [0.29, 0.717) is 0 Å². The van der Waals surface area contributed by atoms with Crippen LogP contribution in [-0.4, -0.2) is 18.1 Å². The molecule has 0 amide bonds. The SMILES string of the molecule is CCCC1CCN(c2cc3nc(C)sc3cc2N)C1. The smallest absolute Gasteiger partial charge is 0.0907 e. The number of hydrogen-bond acceptors (Lipinski definition) is 4. The maximum atomic E-state index is 6.23. The van der Waals surface area contributed by atoms with E-state index in [2.05, 4.69) is 28.9 Å². The number of anilines is 2. The fourth-order valence-electron chi connectivity index (χ4n) is 3.06. The van der Waals surface area contributed by atoms with Crippen LogP contribution in [0.2, 0.25) is 0 Å². The molecule has 1 unspecified atom stereocenters. The summed E-state index contributed by atoms with van der Waals surface area (Å²) < 4.78 is 1.20. The minimum absolute atomic E-state index is 0.831.